The molecule has 2 aromatic heterocycles. The third-order valence-corrected chi connectivity index (χ3v) is 5.69. The molecule has 31 heavy (non-hydrogen) atoms. The van der Waals surface area contributed by atoms with Gasteiger partial charge in [-0.15, -0.1) is 24.8 Å². The fraction of sp³-hybridized carbons (Fsp3) is 0.478. The summed E-state index contributed by atoms with van der Waals surface area (Å²) in [4.78, 5) is 34.2. The van der Waals surface area contributed by atoms with Gasteiger partial charge in [0.1, 0.15) is 0 Å². The number of carbonyl (C=O) groups excluding carboxylic acids is 2. The maximum atomic E-state index is 12.0. The molecule has 0 radical (unpaired) electrons. The van der Waals surface area contributed by atoms with Gasteiger partial charge in [-0.2, -0.15) is 0 Å². The fourth-order valence-electron chi connectivity index (χ4n) is 3.84. The van der Waals surface area contributed by atoms with Crippen molar-refractivity contribution in [3.63, 3.8) is 0 Å². The van der Waals surface area contributed by atoms with E-state index in [0.717, 1.165) is 63.0 Å². The van der Waals surface area contributed by atoms with Gasteiger partial charge in [0.15, 0.2) is 11.6 Å². The van der Waals surface area contributed by atoms with E-state index in [2.05, 4.69) is 27.2 Å². The van der Waals surface area contributed by atoms with Gasteiger partial charge in [-0.1, -0.05) is 0 Å². The molecule has 1 N–H and O–H groups in total. The predicted molar refractivity (Wildman–Crippen MR) is 127 cm³/mol. The Morgan fingerprint density at radius 3 is 1.71 bits per heavy atom. The normalized spacial score (nSPS) is 17.3. The van der Waals surface area contributed by atoms with Crippen LogP contribution >= 0.6 is 24.8 Å². The van der Waals surface area contributed by atoms with E-state index in [9.17, 15) is 9.59 Å². The summed E-state index contributed by atoms with van der Waals surface area (Å²) in [5, 5.41) is 3.25. The molecule has 4 rings (SSSR count). The molecule has 170 valence electrons. The minimum absolute atomic E-state index is 0. The van der Waals surface area contributed by atoms with Crippen molar-refractivity contribution in [2.45, 2.75) is 25.7 Å². The number of halogens is 2. The molecule has 0 spiro atoms. The van der Waals surface area contributed by atoms with E-state index in [-0.39, 0.29) is 48.2 Å². The molecule has 4 heterocycles. The Morgan fingerprint density at radius 1 is 0.839 bits per heavy atom. The zero-order valence-electron chi connectivity index (χ0n) is 17.9. The molecular formula is C23H32Cl2N4O2. The lowest BCUT2D eigenvalue weighted by molar-refractivity contribution is 0.0855. The number of ketones is 2. The average molecular weight is 467 g/mol. The van der Waals surface area contributed by atoms with Crippen LogP contribution in [0.15, 0.2) is 49.1 Å². The summed E-state index contributed by atoms with van der Waals surface area (Å²) in [6, 6.07) is 7.33. The Kier molecular flexibility index (Phi) is 12.5. The van der Waals surface area contributed by atoms with Crippen molar-refractivity contribution < 1.29 is 9.59 Å². The number of aromatic nitrogens is 2. The van der Waals surface area contributed by atoms with Crippen LogP contribution in [-0.2, 0) is 0 Å². The van der Waals surface area contributed by atoms with E-state index < -0.39 is 0 Å². The minimum atomic E-state index is 0. The van der Waals surface area contributed by atoms with Crippen LogP contribution in [0.1, 0.15) is 46.4 Å². The molecule has 8 heteroatoms. The first-order valence-electron chi connectivity index (χ1n) is 10.4. The van der Waals surface area contributed by atoms with Crippen molar-refractivity contribution in [3.05, 3.63) is 60.2 Å². The van der Waals surface area contributed by atoms with Gasteiger partial charge in [-0.3, -0.25) is 19.6 Å². The average Bonchev–Trinajstić information content (AvgIpc) is 2.81. The zero-order valence-corrected chi connectivity index (χ0v) is 19.5. The van der Waals surface area contributed by atoms with Gasteiger partial charge in [0, 0.05) is 47.8 Å². The Labute approximate surface area is 197 Å². The summed E-state index contributed by atoms with van der Waals surface area (Å²) in [7, 11) is 2.10. The first-order chi connectivity index (χ1) is 14.1. The van der Waals surface area contributed by atoms with Crippen LogP contribution in [0.3, 0.4) is 0 Å². The van der Waals surface area contributed by atoms with Crippen molar-refractivity contribution in [1.29, 1.82) is 0 Å². The number of nitrogens with zero attached hydrogens (tertiary/aromatic N) is 3. The lowest BCUT2D eigenvalue weighted by Crippen LogP contribution is -2.33. The quantitative estimate of drug-likeness (QED) is 0.691. The van der Waals surface area contributed by atoms with Crippen molar-refractivity contribution in [2.24, 2.45) is 11.8 Å². The van der Waals surface area contributed by atoms with Gasteiger partial charge in [-0.25, -0.2) is 0 Å². The third kappa shape index (κ3) is 8.30. The molecule has 0 unspecified atom stereocenters. The number of hydrogen-bond acceptors (Lipinski definition) is 6. The van der Waals surface area contributed by atoms with Crippen molar-refractivity contribution >= 4 is 36.4 Å². The van der Waals surface area contributed by atoms with Crippen LogP contribution in [-0.4, -0.2) is 59.7 Å². The van der Waals surface area contributed by atoms with E-state index in [0.29, 0.717) is 0 Å². The van der Waals surface area contributed by atoms with Gasteiger partial charge >= 0.3 is 0 Å². The molecule has 2 fully saturated rings. The van der Waals surface area contributed by atoms with Crippen LogP contribution in [0.2, 0.25) is 0 Å². The van der Waals surface area contributed by atoms with Crippen molar-refractivity contribution in [2.75, 3.05) is 33.2 Å². The molecule has 0 bridgehead atoms. The largest absolute Gasteiger partial charge is 0.317 e. The monoisotopic (exact) mass is 466 g/mol. The van der Waals surface area contributed by atoms with Gasteiger partial charge in [-0.05, 0) is 83.2 Å². The topological polar surface area (TPSA) is 75.2 Å². The number of carbonyl (C=O) groups is 2. The fourth-order valence-corrected chi connectivity index (χ4v) is 3.84. The Bertz CT molecular complexity index is 779. The smallest absolute Gasteiger partial charge is 0.167 e. The number of Topliss-reactive ketones (excluding diaryl/α,β-unsaturated/α-hetero) is 2. The molecule has 0 aromatic carbocycles. The molecule has 2 aliphatic rings. The molecule has 0 atom stereocenters. The Balaban J connectivity index is 0.000000292. The van der Waals surface area contributed by atoms with Gasteiger partial charge in [0.05, 0.1) is 0 Å². The maximum Gasteiger partial charge on any atom is 0.167 e. The van der Waals surface area contributed by atoms with Gasteiger partial charge in [0.25, 0.3) is 0 Å². The Hall–Kier alpha value is -1.86. The van der Waals surface area contributed by atoms with Crippen LogP contribution in [0.5, 0.6) is 0 Å². The first-order valence-corrected chi connectivity index (χ1v) is 10.4. The summed E-state index contributed by atoms with van der Waals surface area (Å²) in [6.07, 6.45) is 10.6. The van der Waals surface area contributed by atoms with Crippen molar-refractivity contribution in [3.8, 4) is 0 Å². The second-order valence-corrected chi connectivity index (χ2v) is 7.81. The van der Waals surface area contributed by atoms with E-state index in [1.54, 1.807) is 24.8 Å². The number of likely N-dealkylation sites (tertiary alicyclic amines) is 1. The highest BCUT2D eigenvalue weighted by atomic mass is 35.5. The maximum absolute atomic E-state index is 12.0. The summed E-state index contributed by atoms with van der Waals surface area (Å²) in [5.74, 6) is 0.904. The first kappa shape index (κ1) is 27.2. The molecule has 6 nitrogen and oxygen atoms in total. The number of pyridine rings is 2. The van der Waals surface area contributed by atoms with Crippen molar-refractivity contribution in [1.82, 2.24) is 20.2 Å². The lowest BCUT2D eigenvalue weighted by atomic mass is 9.90. The highest BCUT2D eigenvalue weighted by Gasteiger charge is 2.24. The van der Waals surface area contributed by atoms with Crippen LogP contribution in [0.25, 0.3) is 0 Å². The molecule has 2 aromatic rings. The summed E-state index contributed by atoms with van der Waals surface area (Å²) >= 11 is 0. The molecule has 2 aliphatic heterocycles. The highest BCUT2D eigenvalue weighted by molar-refractivity contribution is 5.98. The molecule has 0 aliphatic carbocycles. The SMILES string of the molecule is CN1CCC(C(=O)c2cccnc2)CC1.Cl.Cl.O=C(c1cccnc1)C1CCNCC1. The molecular weight excluding hydrogens is 435 g/mol. The number of rotatable bonds is 4. The van der Waals surface area contributed by atoms with Crippen LogP contribution in [0, 0.1) is 11.8 Å². The predicted octanol–water partition coefficient (Wildman–Crippen LogP) is 3.71. The highest BCUT2D eigenvalue weighted by Crippen LogP contribution is 2.20. The molecule has 0 amide bonds. The second-order valence-electron chi connectivity index (χ2n) is 7.81. The summed E-state index contributed by atoms with van der Waals surface area (Å²) in [6.45, 7) is 3.96. The van der Waals surface area contributed by atoms with Gasteiger partial charge in [0.2, 0.25) is 0 Å². The van der Waals surface area contributed by atoms with E-state index >= 15 is 0 Å². The van der Waals surface area contributed by atoms with E-state index in [1.165, 1.54) is 0 Å². The second kappa shape index (κ2) is 14.2. The lowest BCUT2D eigenvalue weighted by Gasteiger charge is -2.27. The Morgan fingerprint density at radius 2 is 1.29 bits per heavy atom. The third-order valence-electron chi connectivity index (χ3n) is 5.69. The summed E-state index contributed by atoms with van der Waals surface area (Å²) < 4.78 is 0. The number of nitrogens with one attached hydrogen (secondary N) is 1. The van der Waals surface area contributed by atoms with Crippen LogP contribution < -0.4 is 5.32 Å². The minimum Gasteiger partial charge on any atom is -0.317 e. The van der Waals surface area contributed by atoms with Crippen LogP contribution in [0.4, 0.5) is 0 Å². The number of piperidine rings is 2. The summed E-state index contributed by atoms with van der Waals surface area (Å²) in [5.41, 5.74) is 1.51. The molecule has 2 saturated heterocycles. The molecule has 0 saturated carbocycles. The standard InChI is InChI=1S/C12H16N2O.C11H14N2O.2ClH/c1-14-7-4-10(5-8-14)12(15)11-3-2-6-13-9-11;14-11(9-3-6-12-7-4-9)10-2-1-5-13-8-10;;/h2-3,6,9-10H,4-5,7-8H2,1H3;1-2,5,8-9,12H,3-4,6-7H2;2*1H. The van der Waals surface area contributed by atoms with E-state index in [4.69, 9.17) is 0 Å². The van der Waals surface area contributed by atoms with Gasteiger partial charge < -0.3 is 10.2 Å². The number of hydrogen-bond donors (Lipinski definition) is 1. The van der Waals surface area contributed by atoms with E-state index in [1.807, 2.05) is 24.3 Å². The zero-order chi connectivity index (χ0) is 20.5.